The summed E-state index contributed by atoms with van der Waals surface area (Å²) in [6.45, 7) is 6.17. The maximum absolute atomic E-state index is 11.7. The number of hydrogen-bond acceptors (Lipinski definition) is 5. The largest absolute Gasteiger partial charge is 0.441 e. The first-order valence-electron chi connectivity index (χ1n) is 7.94. The zero-order chi connectivity index (χ0) is 14.9. The van der Waals surface area contributed by atoms with Crippen molar-refractivity contribution in [3.05, 3.63) is 16.4 Å². The second-order valence-corrected chi connectivity index (χ2v) is 6.45. The van der Waals surface area contributed by atoms with Gasteiger partial charge in [-0.3, -0.25) is 9.09 Å². The van der Waals surface area contributed by atoms with E-state index in [9.17, 15) is 4.79 Å². The van der Waals surface area contributed by atoms with Crippen LogP contribution in [0.3, 0.4) is 0 Å². The molecule has 1 aliphatic carbocycles. The van der Waals surface area contributed by atoms with Gasteiger partial charge in [-0.25, -0.2) is 4.79 Å². The van der Waals surface area contributed by atoms with Crippen LogP contribution in [0.15, 0.2) is 9.32 Å². The number of ether oxygens (including phenoxy) is 2. The second kappa shape index (κ2) is 5.93. The van der Waals surface area contributed by atoms with Crippen molar-refractivity contribution in [2.24, 2.45) is 5.92 Å². The summed E-state index contributed by atoms with van der Waals surface area (Å²) in [6.07, 6.45) is 5.10. The molecule has 1 saturated carbocycles. The SMILES string of the molecule is CC(C)c1noc(=O)n1CCC1CCC2(CC1)OCCO2. The number of hydrogen-bond donors (Lipinski definition) is 0. The van der Waals surface area contributed by atoms with Gasteiger partial charge in [0, 0.05) is 25.3 Å². The van der Waals surface area contributed by atoms with Crippen LogP contribution in [0.1, 0.15) is 57.7 Å². The fraction of sp³-hybridized carbons (Fsp3) is 0.867. The van der Waals surface area contributed by atoms with Crippen LogP contribution >= 0.6 is 0 Å². The van der Waals surface area contributed by atoms with Crippen molar-refractivity contribution in [2.75, 3.05) is 13.2 Å². The maximum atomic E-state index is 11.7. The third kappa shape index (κ3) is 3.06. The van der Waals surface area contributed by atoms with Gasteiger partial charge >= 0.3 is 5.76 Å². The van der Waals surface area contributed by atoms with Gasteiger partial charge in [-0.1, -0.05) is 19.0 Å². The Morgan fingerprint density at radius 3 is 2.57 bits per heavy atom. The average molecular weight is 296 g/mol. The topological polar surface area (TPSA) is 66.5 Å². The molecule has 0 atom stereocenters. The number of nitrogens with zero attached hydrogens (tertiary/aromatic N) is 2. The van der Waals surface area contributed by atoms with E-state index < -0.39 is 0 Å². The molecule has 21 heavy (non-hydrogen) atoms. The summed E-state index contributed by atoms with van der Waals surface area (Å²) >= 11 is 0. The van der Waals surface area contributed by atoms with Crippen molar-refractivity contribution in [2.45, 2.75) is 64.2 Å². The van der Waals surface area contributed by atoms with E-state index in [1.54, 1.807) is 4.57 Å². The van der Waals surface area contributed by atoms with Crippen LogP contribution in [0.4, 0.5) is 0 Å². The van der Waals surface area contributed by atoms with Crippen molar-refractivity contribution in [3.8, 4) is 0 Å². The molecule has 1 spiro atoms. The summed E-state index contributed by atoms with van der Waals surface area (Å²) in [7, 11) is 0. The van der Waals surface area contributed by atoms with E-state index in [2.05, 4.69) is 5.16 Å². The lowest BCUT2D eigenvalue weighted by molar-refractivity contribution is -0.182. The number of aromatic nitrogens is 2. The summed E-state index contributed by atoms with van der Waals surface area (Å²) in [6, 6.07) is 0. The summed E-state index contributed by atoms with van der Waals surface area (Å²) in [5, 5.41) is 3.87. The third-order valence-electron chi connectivity index (χ3n) is 4.67. The number of rotatable bonds is 4. The summed E-state index contributed by atoms with van der Waals surface area (Å²) < 4.78 is 18.0. The molecule has 0 N–H and O–H groups in total. The van der Waals surface area contributed by atoms with Crippen molar-refractivity contribution >= 4 is 0 Å². The molecule has 0 amide bonds. The average Bonchev–Trinajstić information content (AvgIpc) is 3.06. The van der Waals surface area contributed by atoms with E-state index in [1.165, 1.54) is 0 Å². The van der Waals surface area contributed by atoms with E-state index in [-0.39, 0.29) is 17.5 Å². The predicted molar refractivity (Wildman–Crippen MR) is 76.1 cm³/mol. The van der Waals surface area contributed by atoms with E-state index in [1.807, 2.05) is 13.8 Å². The fourth-order valence-corrected chi connectivity index (χ4v) is 3.40. The summed E-state index contributed by atoms with van der Waals surface area (Å²) in [5.41, 5.74) is 0. The van der Waals surface area contributed by atoms with Gasteiger partial charge in [0.25, 0.3) is 0 Å². The van der Waals surface area contributed by atoms with Crippen molar-refractivity contribution < 1.29 is 14.0 Å². The van der Waals surface area contributed by atoms with Gasteiger partial charge in [0.15, 0.2) is 11.6 Å². The molecule has 0 unspecified atom stereocenters. The monoisotopic (exact) mass is 296 g/mol. The molecule has 0 bridgehead atoms. The lowest BCUT2D eigenvalue weighted by Gasteiger charge is -2.35. The molecular formula is C15H24N2O4. The zero-order valence-corrected chi connectivity index (χ0v) is 12.8. The maximum Gasteiger partial charge on any atom is 0.441 e. The minimum absolute atomic E-state index is 0.200. The van der Waals surface area contributed by atoms with Gasteiger partial charge in [0.05, 0.1) is 13.2 Å². The van der Waals surface area contributed by atoms with Gasteiger partial charge in [0.2, 0.25) is 0 Å². The summed E-state index contributed by atoms with van der Waals surface area (Å²) in [4.78, 5) is 11.7. The zero-order valence-electron chi connectivity index (χ0n) is 12.8. The van der Waals surface area contributed by atoms with Gasteiger partial charge in [0.1, 0.15) is 0 Å². The van der Waals surface area contributed by atoms with Gasteiger partial charge in [-0.2, -0.15) is 0 Å². The molecule has 3 rings (SSSR count). The van der Waals surface area contributed by atoms with E-state index >= 15 is 0 Å². The molecule has 1 aliphatic heterocycles. The Morgan fingerprint density at radius 1 is 1.29 bits per heavy atom. The lowest BCUT2D eigenvalue weighted by Crippen LogP contribution is -2.35. The molecule has 1 aromatic rings. The molecule has 6 heteroatoms. The molecular weight excluding hydrogens is 272 g/mol. The summed E-state index contributed by atoms with van der Waals surface area (Å²) in [5.74, 6) is 0.924. The molecule has 2 fully saturated rings. The van der Waals surface area contributed by atoms with Crippen LogP contribution in [0.2, 0.25) is 0 Å². The fourth-order valence-electron chi connectivity index (χ4n) is 3.40. The van der Waals surface area contributed by atoms with E-state index in [4.69, 9.17) is 14.0 Å². The van der Waals surface area contributed by atoms with Crippen LogP contribution in [-0.2, 0) is 16.0 Å². The molecule has 2 heterocycles. The Morgan fingerprint density at radius 2 is 1.95 bits per heavy atom. The van der Waals surface area contributed by atoms with Crippen molar-refractivity contribution in [1.82, 2.24) is 9.72 Å². The molecule has 0 aromatic carbocycles. The molecule has 1 aromatic heterocycles. The molecule has 1 saturated heterocycles. The first kappa shape index (κ1) is 14.8. The van der Waals surface area contributed by atoms with Gasteiger partial charge in [-0.05, 0) is 25.2 Å². The van der Waals surface area contributed by atoms with E-state index in [0.29, 0.717) is 12.5 Å². The quantitative estimate of drug-likeness (QED) is 0.852. The first-order chi connectivity index (χ1) is 10.1. The van der Waals surface area contributed by atoms with Gasteiger partial charge < -0.3 is 9.47 Å². The lowest BCUT2D eigenvalue weighted by atomic mass is 9.83. The highest BCUT2D eigenvalue weighted by atomic mass is 16.7. The van der Waals surface area contributed by atoms with Crippen LogP contribution in [0.5, 0.6) is 0 Å². The third-order valence-corrected chi connectivity index (χ3v) is 4.67. The Balaban J connectivity index is 1.55. The van der Waals surface area contributed by atoms with Crippen molar-refractivity contribution in [1.29, 1.82) is 0 Å². The highest BCUT2D eigenvalue weighted by molar-refractivity contribution is 4.91. The minimum Gasteiger partial charge on any atom is -0.348 e. The first-order valence-corrected chi connectivity index (χ1v) is 7.94. The Bertz CT molecular complexity index is 518. The van der Waals surface area contributed by atoms with Crippen LogP contribution in [0.25, 0.3) is 0 Å². The van der Waals surface area contributed by atoms with Crippen molar-refractivity contribution in [3.63, 3.8) is 0 Å². The smallest absolute Gasteiger partial charge is 0.348 e. The highest BCUT2D eigenvalue weighted by Crippen LogP contribution is 2.39. The molecule has 118 valence electrons. The molecule has 2 aliphatic rings. The highest BCUT2D eigenvalue weighted by Gasteiger charge is 2.40. The van der Waals surface area contributed by atoms with Crippen LogP contribution < -0.4 is 5.76 Å². The Kier molecular flexibility index (Phi) is 4.17. The predicted octanol–water partition coefficient (Wildman–Crippen LogP) is 2.28. The normalized spacial score (nSPS) is 22.4. The van der Waals surface area contributed by atoms with E-state index in [0.717, 1.165) is 51.1 Å². The molecule has 6 nitrogen and oxygen atoms in total. The minimum atomic E-state index is -0.339. The Hall–Kier alpha value is -1.14. The Labute approximate surface area is 124 Å². The second-order valence-electron chi connectivity index (χ2n) is 6.45. The van der Waals surface area contributed by atoms with Gasteiger partial charge in [-0.15, -0.1) is 0 Å². The molecule has 0 radical (unpaired) electrons. The van der Waals surface area contributed by atoms with Crippen LogP contribution in [-0.4, -0.2) is 28.7 Å². The standard InChI is InChI=1S/C15H24N2O4/c1-11(2)13-16-21-14(18)17(13)8-5-12-3-6-15(7-4-12)19-9-10-20-15/h11-12H,3-10H2,1-2H3. The van der Waals surface area contributed by atoms with Crippen LogP contribution in [0, 0.1) is 5.92 Å².